The number of benzene rings is 2. The van der Waals surface area contributed by atoms with Crippen LogP contribution in [-0.2, 0) is 15.1 Å². The van der Waals surface area contributed by atoms with Crippen LogP contribution in [0.25, 0.3) is 0 Å². The highest BCUT2D eigenvalue weighted by molar-refractivity contribution is 9.10. The van der Waals surface area contributed by atoms with Crippen LogP contribution in [0, 0.1) is 5.92 Å². The van der Waals surface area contributed by atoms with E-state index in [1.54, 1.807) is 17.0 Å². The van der Waals surface area contributed by atoms with Crippen molar-refractivity contribution >= 4 is 33.4 Å². The van der Waals surface area contributed by atoms with E-state index in [-0.39, 0.29) is 18.2 Å². The molecule has 0 spiro atoms. The molecule has 0 radical (unpaired) electrons. The number of hydrogen-bond acceptors (Lipinski definition) is 4. The molecule has 152 valence electrons. The van der Waals surface area contributed by atoms with Crippen molar-refractivity contribution in [3.8, 4) is 11.5 Å². The topological polar surface area (TPSA) is 67.9 Å². The lowest BCUT2D eigenvalue weighted by Crippen LogP contribution is -2.44. The maximum atomic E-state index is 12.9. The Morgan fingerprint density at radius 2 is 1.79 bits per heavy atom. The average molecular weight is 459 g/mol. The van der Waals surface area contributed by atoms with Crippen molar-refractivity contribution in [3.05, 3.63) is 52.5 Å². The molecule has 2 aromatic rings. The van der Waals surface area contributed by atoms with E-state index in [2.05, 4.69) is 21.2 Å². The molecule has 2 aromatic carbocycles. The Morgan fingerprint density at radius 3 is 2.52 bits per heavy atom. The third kappa shape index (κ3) is 4.10. The van der Waals surface area contributed by atoms with Gasteiger partial charge in [0.2, 0.25) is 11.8 Å². The minimum absolute atomic E-state index is 0.0664. The van der Waals surface area contributed by atoms with Gasteiger partial charge in [0.15, 0.2) is 11.5 Å². The number of ether oxygens (including phenoxy) is 2. The van der Waals surface area contributed by atoms with E-state index in [0.29, 0.717) is 31.3 Å². The molecule has 29 heavy (non-hydrogen) atoms. The molecule has 7 heteroatoms. The summed E-state index contributed by atoms with van der Waals surface area (Å²) >= 11 is 3.43. The van der Waals surface area contributed by atoms with E-state index in [9.17, 15) is 9.59 Å². The lowest BCUT2D eigenvalue weighted by Gasteiger charge is -2.28. The number of nitrogens with zero attached hydrogens (tertiary/aromatic N) is 1. The number of carbonyl (C=O) groups excluding carboxylic acids is 2. The quantitative estimate of drug-likeness (QED) is 0.759. The molecule has 2 aliphatic heterocycles. The van der Waals surface area contributed by atoms with Crippen molar-refractivity contribution in [2.75, 3.05) is 24.7 Å². The summed E-state index contributed by atoms with van der Waals surface area (Å²) in [5.41, 5.74) is 1.19. The summed E-state index contributed by atoms with van der Waals surface area (Å²) in [5, 5.41) is 3.10. The van der Waals surface area contributed by atoms with Gasteiger partial charge in [-0.15, -0.1) is 0 Å². The Balaban J connectivity index is 1.46. The fourth-order valence-corrected chi connectivity index (χ4v) is 3.95. The zero-order chi connectivity index (χ0) is 20.6. The highest BCUT2D eigenvalue weighted by atomic mass is 79.9. The molecule has 1 fully saturated rings. The van der Waals surface area contributed by atoms with Gasteiger partial charge in [0, 0.05) is 29.2 Å². The summed E-state index contributed by atoms with van der Waals surface area (Å²) in [4.78, 5) is 27.2. The van der Waals surface area contributed by atoms with Crippen LogP contribution in [-0.4, -0.2) is 31.6 Å². The first-order valence-electron chi connectivity index (χ1n) is 9.61. The second kappa shape index (κ2) is 7.71. The fourth-order valence-electron chi connectivity index (χ4n) is 3.68. The molecule has 2 amide bonds. The Morgan fingerprint density at radius 1 is 1.10 bits per heavy atom. The number of rotatable bonds is 4. The zero-order valence-electron chi connectivity index (χ0n) is 16.4. The van der Waals surface area contributed by atoms with Gasteiger partial charge in [-0.25, -0.2) is 0 Å². The Hall–Kier alpha value is -2.54. The molecule has 2 aliphatic rings. The SMILES string of the molecule is CC(C)(NC(=O)C1CC(=O)N(c2ccc3c(c2)OCCO3)C1)c1ccc(Br)cc1. The Labute approximate surface area is 178 Å². The van der Waals surface area contributed by atoms with Crippen molar-refractivity contribution in [1.82, 2.24) is 5.32 Å². The second-order valence-electron chi connectivity index (χ2n) is 7.85. The van der Waals surface area contributed by atoms with E-state index < -0.39 is 11.5 Å². The molecule has 0 saturated carbocycles. The smallest absolute Gasteiger partial charge is 0.227 e. The Bertz CT molecular complexity index is 942. The summed E-state index contributed by atoms with van der Waals surface area (Å²) in [6, 6.07) is 13.3. The van der Waals surface area contributed by atoms with Crippen molar-refractivity contribution < 1.29 is 19.1 Å². The van der Waals surface area contributed by atoms with E-state index in [1.165, 1.54) is 0 Å². The van der Waals surface area contributed by atoms with Crippen LogP contribution in [0.15, 0.2) is 46.9 Å². The first kappa shape index (κ1) is 19.8. The molecule has 1 N–H and O–H groups in total. The molecule has 1 atom stereocenters. The van der Waals surface area contributed by atoms with Gasteiger partial charge in [-0.2, -0.15) is 0 Å². The summed E-state index contributed by atoms with van der Waals surface area (Å²) in [6.45, 7) is 5.28. The van der Waals surface area contributed by atoms with Crippen molar-refractivity contribution in [2.45, 2.75) is 25.8 Å². The van der Waals surface area contributed by atoms with Crippen LogP contribution in [0.4, 0.5) is 5.69 Å². The van der Waals surface area contributed by atoms with E-state index in [0.717, 1.165) is 15.7 Å². The summed E-state index contributed by atoms with van der Waals surface area (Å²) in [7, 11) is 0. The van der Waals surface area contributed by atoms with Crippen LogP contribution in [0.5, 0.6) is 11.5 Å². The standard InChI is InChI=1S/C22H23BrN2O4/c1-22(2,15-3-5-16(23)6-4-15)24-21(27)14-11-20(26)25(13-14)17-7-8-18-19(12-17)29-10-9-28-18/h3-8,12,14H,9-11,13H2,1-2H3,(H,24,27). The van der Waals surface area contributed by atoms with Crippen molar-refractivity contribution in [1.29, 1.82) is 0 Å². The van der Waals surface area contributed by atoms with Crippen LogP contribution in [0.3, 0.4) is 0 Å². The van der Waals surface area contributed by atoms with Gasteiger partial charge in [-0.1, -0.05) is 28.1 Å². The largest absolute Gasteiger partial charge is 0.486 e. The van der Waals surface area contributed by atoms with Gasteiger partial charge in [-0.3, -0.25) is 9.59 Å². The predicted octanol–water partition coefficient (Wildman–Crippen LogP) is 3.62. The number of halogens is 1. The predicted molar refractivity (Wildman–Crippen MR) is 113 cm³/mol. The third-order valence-electron chi connectivity index (χ3n) is 5.33. The molecule has 1 unspecified atom stereocenters. The van der Waals surface area contributed by atoms with Crippen molar-refractivity contribution in [2.24, 2.45) is 5.92 Å². The Kier molecular flexibility index (Phi) is 5.25. The fraction of sp³-hybridized carbons (Fsp3) is 0.364. The first-order chi connectivity index (χ1) is 13.8. The second-order valence-corrected chi connectivity index (χ2v) is 8.77. The number of hydrogen-bond donors (Lipinski definition) is 1. The van der Waals surface area contributed by atoms with Crippen LogP contribution < -0.4 is 19.7 Å². The van der Waals surface area contributed by atoms with Gasteiger partial charge in [-0.05, 0) is 43.7 Å². The number of anilines is 1. The molecule has 2 heterocycles. The maximum Gasteiger partial charge on any atom is 0.227 e. The summed E-state index contributed by atoms with van der Waals surface area (Å²) in [5.74, 6) is 0.725. The van der Waals surface area contributed by atoms with Crippen LogP contribution in [0.1, 0.15) is 25.8 Å². The van der Waals surface area contributed by atoms with E-state index in [1.807, 2.05) is 44.2 Å². The van der Waals surface area contributed by atoms with E-state index in [4.69, 9.17) is 9.47 Å². The minimum atomic E-state index is -0.536. The normalized spacial score (nSPS) is 18.7. The zero-order valence-corrected chi connectivity index (χ0v) is 18.0. The van der Waals surface area contributed by atoms with Gasteiger partial charge in [0.1, 0.15) is 13.2 Å². The van der Waals surface area contributed by atoms with Gasteiger partial charge in [0.25, 0.3) is 0 Å². The highest BCUT2D eigenvalue weighted by Crippen LogP contribution is 2.36. The first-order valence-corrected chi connectivity index (χ1v) is 10.4. The lowest BCUT2D eigenvalue weighted by atomic mass is 9.93. The molecule has 0 aromatic heterocycles. The number of carbonyl (C=O) groups is 2. The van der Waals surface area contributed by atoms with Crippen LogP contribution in [0.2, 0.25) is 0 Å². The molecule has 4 rings (SSSR count). The van der Waals surface area contributed by atoms with Gasteiger partial charge >= 0.3 is 0 Å². The average Bonchev–Trinajstić information content (AvgIpc) is 3.09. The number of fused-ring (bicyclic) bond motifs is 1. The van der Waals surface area contributed by atoms with Crippen LogP contribution >= 0.6 is 15.9 Å². The number of nitrogens with one attached hydrogen (secondary N) is 1. The molecular weight excluding hydrogens is 436 g/mol. The summed E-state index contributed by atoms with van der Waals surface area (Å²) < 4.78 is 12.1. The monoisotopic (exact) mass is 458 g/mol. The molecule has 1 saturated heterocycles. The molecular formula is C22H23BrN2O4. The van der Waals surface area contributed by atoms with Gasteiger partial charge < -0.3 is 19.7 Å². The molecule has 0 bridgehead atoms. The van der Waals surface area contributed by atoms with Gasteiger partial charge in [0.05, 0.1) is 11.5 Å². The number of amides is 2. The molecule has 6 nitrogen and oxygen atoms in total. The van der Waals surface area contributed by atoms with E-state index >= 15 is 0 Å². The molecule has 0 aliphatic carbocycles. The summed E-state index contributed by atoms with van der Waals surface area (Å²) in [6.07, 6.45) is 0.191. The minimum Gasteiger partial charge on any atom is -0.486 e. The third-order valence-corrected chi connectivity index (χ3v) is 5.86. The lowest BCUT2D eigenvalue weighted by molar-refractivity contribution is -0.127. The van der Waals surface area contributed by atoms with Crippen molar-refractivity contribution in [3.63, 3.8) is 0 Å². The maximum absolute atomic E-state index is 12.9. The highest BCUT2D eigenvalue weighted by Gasteiger charge is 2.37.